The van der Waals surface area contributed by atoms with Gasteiger partial charge in [-0.2, -0.15) is 0 Å². The molecule has 1 rings (SSSR count). The van der Waals surface area contributed by atoms with Gasteiger partial charge in [0.1, 0.15) is 11.8 Å². The summed E-state index contributed by atoms with van der Waals surface area (Å²) < 4.78 is 0. The molecule has 0 radical (unpaired) electrons. The molecule has 0 aliphatic heterocycles. The minimum absolute atomic E-state index is 0.0106. The van der Waals surface area contributed by atoms with Gasteiger partial charge in [-0.15, -0.1) is 0 Å². The van der Waals surface area contributed by atoms with Crippen molar-refractivity contribution in [2.75, 3.05) is 0 Å². The number of phenols is 1. The van der Waals surface area contributed by atoms with E-state index in [1.165, 1.54) is 18.2 Å². The van der Waals surface area contributed by atoms with Crippen LogP contribution in [-0.2, 0) is 16.1 Å². The first-order valence-electron chi connectivity index (χ1n) is 5.05. The van der Waals surface area contributed by atoms with Crippen molar-refractivity contribution in [1.82, 2.24) is 5.32 Å². The van der Waals surface area contributed by atoms with Crippen LogP contribution in [0.5, 0.6) is 5.75 Å². The molecule has 0 aromatic heterocycles. The molecule has 0 spiro atoms. The summed E-state index contributed by atoms with van der Waals surface area (Å²) in [6.07, 6.45) is -0.545. The number of rotatable bonds is 6. The molecule has 0 saturated carbocycles. The van der Waals surface area contributed by atoms with E-state index in [9.17, 15) is 14.7 Å². The van der Waals surface area contributed by atoms with Crippen molar-refractivity contribution in [2.24, 2.45) is 0 Å². The van der Waals surface area contributed by atoms with Gasteiger partial charge in [-0.25, -0.2) is 0 Å². The van der Waals surface area contributed by atoms with Gasteiger partial charge in [0, 0.05) is 17.1 Å². The Morgan fingerprint density at radius 2 is 2.00 bits per heavy atom. The minimum atomic E-state index is -1.26. The lowest BCUT2D eigenvalue weighted by Gasteiger charge is -2.13. The number of carboxylic acids is 2. The van der Waals surface area contributed by atoms with Gasteiger partial charge in [-0.1, -0.05) is 11.6 Å². The molecule has 0 heterocycles. The van der Waals surface area contributed by atoms with Crippen molar-refractivity contribution in [2.45, 2.75) is 19.0 Å². The number of aromatic hydroxyl groups is 1. The van der Waals surface area contributed by atoms with Gasteiger partial charge in [0.2, 0.25) is 0 Å². The Kier molecular flexibility index (Phi) is 4.94. The quantitative estimate of drug-likeness (QED) is 0.617. The molecule has 0 fully saturated rings. The van der Waals surface area contributed by atoms with E-state index in [0.717, 1.165) is 0 Å². The van der Waals surface area contributed by atoms with Crippen LogP contribution in [0.1, 0.15) is 12.0 Å². The fourth-order valence-electron chi connectivity index (χ4n) is 1.35. The van der Waals surface area contributed by atoms with Crippen LogP contribution < -0.4 is 5.32 Å². The van der Waals surface area contributed by atoms with Gasteiger partial charge in [-0.3, -0.25) is 14.9 Å². The number of benzene rings is 1. The molecule has 18 heavy (non-hydrogen) atoms. The highest BCUT2D eigenvalue weighted by atomic mass is 35.5. The predicted octanol–water partition coefficient (Wildman–Crippen LogP) is 1.06. The molecular formula is C11H12ClNO5. The van der Waals surface area contributed by atoms with Crippen LogP contribution in [0.25, 0.3) is 0 Å². The smallest absolute Gasteiger partial charge is 0.321 e. The maximum Gasteiger partial charge on any atom is 0.321 e. The molecule has 6 nitrogen and oxygen atoms in total. The highest BCUT2D eigenvalue weighted by Crippen LogP contribution is 2.21. The van der Waals surface area contributed by atoms with Crippen molar-refractivity contribution < 1.29 is 24.9 Å². The molecule has 0 aliphatic rings. The standard InChI is InChI=1S/C11H12ClNO5/c12-7-1-2-9(14)6(3-7)5-13-8(11(17)18)4-10(15)16/h1-3,8,13-14H,4-5H2,(H,15,16)(H,17,18)/t8-/m1/s1. The van der Waals surface area contributed by atoms with E-state index in [4.69, 9.17) is 21.8 Å². The lowest BCUT2D eigenvalue weighted by atomic mass is 10.1. The van der Waals surface area contributed by atoms with Crippen LogP contribution in [0, 0.1) is 0 Å². The maximum atomic E-state index is 10.8. The Hall–Kier alpha value is -1.79. The molecule has 0 saturated heterocycles. The number of hydrogen-bond donors (Lipinski definition) is 4. The van der Waals surface area contributed by atoms with E-state index < -0.39 is 24.4 Å². The van der Waals surface area contributed by atoms with Crippen LogP contribution in [0.3, 0.4) is 0 Å². The Balaban J connectivity index is 2.69. The number of halogens is 1. The topological polar surface area (TPSA) is 107 Å². The van der Waals surface area contributed by atoms with Crippen LogP contribution in [-0.4, -0.2) is 33.3 Å². The van der Waals surface area contributed by atoms with E-state index >= 15 is 0 Å². The van der Waals surface area contributed by atoms with Crippen LogP contribution in [0.4, 0.5) is 0 Å². The summed E-state index contributed by atoms with van der Waals surface area (Å²) in [5.41, 5.74) is 0.402. The number of carboxylic acid groups (broad SMARTS) is 2. The highest BCUT2D eigenvalue weighted by molar-refractivity contribution is 6.30. The molecular weight excluding hydrogens is 262 g/mol. The molecule has 7 heteroatoms. The third kappa shape index (κ3) is 4.23. The second-order valence-corrected chi connectivity index (χ2v) is 4.08. The zero-order chi connectivity index (χ0) is 13.7. The minimum Gasteiger partial charge on any atom is -0.508 e. The number of aliphatic carboxylic acids is 2. The summed E-state index contributed by atoms with van der Waals surface area (Å²) in [7, 11) is 0. The zero-order valence-corrected chi connectivity index (χ0v) is 10.0. The average Bonchev–Trinajstić information content (AvgIpc) is 2.27. The van der Waals surface area contributed by atoms with Crippen molar-refractivity contribution in [3.8, 4) is 5.75 Å². The van der Waals surface area contributed by atoms with Crippen molar-refractivity contribution in [3.05, 3.63) is 28.8 Å². The highest BCUT2D eigenvalue weighted by Gasteiger charge is 2.20. The Bertz CT molecular complexity index is 463. The normalized spacial score (nSPS) is 12.1. The molecule has 0 unspecified atom stereocenters. The maximum absolute atomic E-state index is 10.8. The fraction of sp³-hybridized carbons (Fsp3) is 0.273. The summed E-state index contributed by atoms with van der Waals surface area (Å²) in [5.74, 6) is -2.52. The van der Waals surface area contributed by atoms with Gasteiger partial charge in [0.25, 0.3) is 0 Å². The largest absolute Gasteiger partial charge is 0.508 e. The third-order valence-electron chi connectivity index (χ3n) is 2.26. The molecule has 0 amide bonds. The first-order valence-corrected chi connectivity index (χ1v) is 5.43. The number of carbonyl (C=O) groups is 2. The van der Waals surface area contributed by atoms with E-state index in [1.807, 2.05) is 0 Å². The van der Waals surface area contributed by atoms with Gasteiger partial charge < -0.3 is 15.3 Å². The van der Waals surface area contributed by atoms with Crippen LogP contribution in [0.2, 0.25) is 5.02 Å². The van der Waals surface area contributed by atoms with Crippen LogP contribution in [0.15, 0.2) is 18.2 Å². The zero-order valence-electron chi connectivity index (χ0n) is 9.26. The first kappa shape index (κ1) is 14.3. The number of nitrogens with one attached hydrogen (secondary N) is 1. The molecule has 0 bridgehead atoms. The second kappa shape index (κ2) is 6.23. The van der Waals surface area contributed by atoms with Crippen molar-refractivity contribution in [3.63, 3.8) is 0 Å². The summed E-state index contributed by atoms with van der Waals surface area (Å²) in [5, 5.41) is 29.8. The summed E-state index contributed by atoms with van der Waals surface area (Å²) in [6.45, 7) is 0.0106. The van der Waals surface area contributed by atoms with Gasteiger partial charge in [0.05, 0.1) is 6.42 Å². The first-order chi connectivity index (χ1) is 8.40. The Labute approximate surface area is 108 Å². The van der Waals surface area contributed by atoms with Crippen LogP contribution >= 0.6 is 11.6 Å². The predicted molar refractivity (Wildman–Crippen MR) is 63.6 cm³/mol. The lowest BCUT2D eigenvalue weighted by molar-refractivity contribution is -0.146. The molecule has 0 aliphatic carbocycles. The van der Waals surface area contributed by atoms with E-state index in [-0.39, 0.29) is 12.3 Å². The lowest BCUT2D eigenvalue weighted by Crippen LogP contribution is -2.38. The van der Waals surface area contributed by atoms with E-state index in [0.29, 0.717) is 10.6 Å². The third-order valence-corrected chi connectivity index (χ3v) is 2.49. The fourth-order valence-corrected chi connectivity index (χ4v) is 1.54. The second-order valence-electron chi connectivity index (χ2n) is 3.64. The summed E-state index contributed by atoms with van der Waals surface area (Å²) in [4.78, 5) is 21.3. The summed E-state index contributed by atoms with van der Waals surface area (Å²) >= 11 is 5.73. The molecule has 1 aromatic carbocycles. The Morgan fingerprint density at radius 1 is 1.33 bits per heavy atom. The Morgan fingerprint density at radius 3 is 2.56 bits per heavy atom. The SMILES string of the molecule is O=C(O)C[C@@H](NCc1cc(Cl)ccc1O)C(=O)O. The monoisotopic (exact) mass is 273 g/mol. The summed E-state index contributed by atoms with van der Waals surface area (Å²) in [6, 6.07) is 3.13. The van der Waals surface area contributed by atoms with E-state index in [1.54, 1.807) is 0 Å². The van der Waals surface area contributed by atoms with E-state index in [2.05, 4.69) is 5.32 Å². The van der Waals surface area contributed by atoms with Crippen molar-refractivity contribution >= 4 is 23.5 Å². The van der Waals surface area contributed by atoms with Crippen molar-refractivity contribution in [1.29, 1.82) is 0 Å². The number of phenolic OH excluding ortho intramolecular Hbond substituents is 1. The van der Waals surface area contributed by atoms with Gasteiger partial charge in [0.15, 0.2) is 0 Å². The molecule has 4 N–H and O–H groups in total. The van der Waals surface area contributed by atoms with Gasteiger partial charge >= 0.3 is 11.9 Å². The van der Waals surface area contributed by atoms with Gasteiger partial charge in [-0.05, 0) is 18.2 Å². The molecule has 1 atom stereocenters. The number of hydrogen-bond acceptors (Lipinski definition) is 4. The average molecular weight is 274 g/mol. The molecule has 98 valence electrons. The molecule has 1 aromatic rings.